The zero-order valence-electron chi connectivity index (χ0n) is 10.3. The molecule has 0 amide bonds. The smallest absolute Gasteiger partial charge is 0.276 e. The molecule has 1 aliphatic heterocycles. The van der Waals surface area contributed by atoms with Crippen LogP contribution in [-0.2, 0) is 6.54 Å². The summed E-state index contributed by atoms with van der Waals surface area (Å²) in [5.74, 6) is 0.318. The summed E-state index contributed by atoms with van der Waals surface area (Å²) in [6.07, 6.45) is 1.64. The molecule has 1 fully saturated rings. The van der Waals surface area contributed by atoms with Crippen LogP contribution in [0.1, 0.15) is 5.56 Å². The normalized spacial score (nSPS) is 17.9. The Kier molecular flexibility index (Phi) is 4.13. The highest BCUT2D eigenvalue weighted by Crippen LogP contribution is 2.10. The molecule has 1 saturated heterocycles. The van der Waals surface area contributed by atoms with Crippen molar-refractivity contribution in [1.29, 1.82) is 0 Å². The van der Waals surface area contributed by atoms with Crippen LogP contribution in [0.15, 0.2) is 23.4 Å². The van der Waals surface area contributed by atoms with Gasteiger partial charge in [-0.2, -0.15) is 0 Å². The second kappa shape index (κ2) is 5.81. The fraction of sp³-hybridized carbons (Fsp3) is 0.400. The first kappa shape index (κ1) is 13.5. The largest absolute Gasteiger partial charge is 0.328 e. The van der Waals surface area contributed by atoms with Gasteiger partial charge in [0.05, 0.1) is 13.3 Å². The lowest BCUT2D eigenvalue weighted by Crippen LogP contribution is -2.55. The highest BCUT2D eigenvalue weighted by atomic mass is 35.5. The van der Waals surface area contributed by atoms with Crippen LogP contribution < -0.4 is 5.32 Å². The number of nitrogens with one attached hydrogen (secondary N) is 1. The Morgan fingerprint density at radius 3 is 3.00 bits per heavy atom. The summed E-state index contributed by atoms with van der Waals surface area (Å²) >= 11 is 5.72. The molecule has 0 bridgehead atoms. The summed E-state index contributed by atoms with van der Waals surface area (Å²) in [4.78, 5) is 18.0. The Labute approximate surface area is 114 Å². The highest BCUT2D eigenvalue weighted by molar-refractivity contribution is 6.29. The molecular formula is C10H13ClN6O2. The van der Waals surface area contributed by atoms with Crippen molar-refractivity contribution in [2.45, 2.75) is 6.54 Å². The molecule has 102 valence electrons. The van der Waals surface area contributed by atoms with Gasteiger partial charge in [-0.25, -0.2) is 15.1 Å². The van der Waals surface area contributed by atoms with Crippen molar-refractivity contribution >= 4 is 17.6 Å². The number of halogens is 1. The van der Waals surface area contributed by atoms with E-state index in [4.69, 9.17) is 11.6 Å². The second-order valence-electron chi connectivity index (χ2n) is 4.09. The first-order valence-electron chi connectivity index (χ1n) is 5.56. The van der Waals surface area contributed by atoms with Gasteiger partial charge in [0, 0.05) is 19.8 Å². The average Bonchev–Trinajstić information content (AvgIpc) is 2.36. The van der Waals surface area contributed by atoms with E-state index in [0.717, 1.165) is 5.56 Å². The standard InChI is InChI=1S/C10H13ClN6O2/c1-15-6-12-7-16(10(15)14-17(18)19)5-8-2-3-9(11)13-4-8/h2-4,12H,5-7H2,1H3/b14-10+. The third kappa shape index (κ3) is 3.52. The lowest BCUT2D eigenvalue weighted by atomic mass is 10.2. The summed E-state index contributed by atoms with van der Waals surface area (Å²) in [5, 5.41) is 16.8. The zero-order valence-corrected chi connectivity index (χ0v) is 11.0. The van der Waals surface area contributed by atoms with E-state index in [1.54, 1.807) is 29.1 Å². The molecule has 2 heterocycles. The topological polar surface area (TPSA) is 86.9 Å². The van der Waals surface area contributed by atoms with Crippen LogP contribution in [0.2, 0.25) is 5.15 Å². The van der Waals surface area contributed by atoms with Crippen molar-refractivity contribution in [2.24, 2.45) is 5.10 Å². The third-order valence-corrected chi connectivity index (χ3v) is 2.83. The van der Waals surface area contributed by atoms with Crippen LogP contribution in [-0.4, -0.2) is 46.2 Å². The molecular weight excluding hydrogens is 272 g/mol. The molecule has 1 aromatic heterocycles. The molecule has 1 aliphatic rings. The van der Waals surface area contributed by atoms with Gasteiger partial charge >= 0.3 is 0 Å². The monoisotopic (exact) mass is 284 g/mol. The van der Waals surface area contributed by atoms with Crippen LogP contribution in [0.5, 0.6) is 0 Å². The molecule has 8 nitrogen and oxygen atoms in total. The van der Waals surface area contributed by atoms with E-state index in [-0.39, 0.29) is 0 Å². The molecule has 0 aliphatic carbocycles. The fourth-order valence-electron chi connectivity index (χ4n) is 1.80. The highest BCUT2D eigenvalue weighted by Gasteiger charge is 2.24. The van der Waals surface area contributed by atoms with Gasteiger partial charge in [0.2, 0.25) is 0 Å². The zero-order chi connectivity index (χ0) is 13.8. The second-order valence-corrected chi connectivity index (χ2v) is 4.48. The third-order valence-electron chi connectivity index (χ3n) is 2.61. The molecule has 0 unspecified atom stereocenters. The fourth-order valence-corrected chi connectivity index (χ4v) is 1.91. The summed E-state index contributed by atoms with van der Waals surface area (Å²) in [7, 11) is 1.74. The summed E-state index contributed by atoms with van der Waals surface area (Å²) in [6, 6.07) is 3.51. The van der Waals surface area contributed by atoms with Crippen LogP contribution >= 0.6 is 11.6 Å². The van der Waals surface area contributed by atoms with Crippen molar-refractivity contribution < 1.29 is 5.03 Å². The first-order chi connectivity index (χ1) is 9.06. The molecule has 0 aromatic carbocycles. The molecule has 0 spiro atoms. The maximum atomic E-state index is 10.6. The molecule has 1 N–H and O–H groups in total. The minimum Gasteiger partial charge on any atom is -0.328 e. The molecule has 9 heteroatoms. The van der Waals surface area contributed by atoms with E-state index in [1.807, 2.05) is 6.07 Å². The van der Waals surface area contributed by atoms with Crippen LogP contribution in [0.25, 0.3) is 0 Å². The van der Waals surface area contributed by atoms with Gasteiger partial charge < -0.3 is 9.80 Å². The first-order valence-corrected chi connectivity index (χ1v) is 5.94. The van der Waals surface area contributed by atoms with E-state index < -0.39 is 5.03 Å². The van der Waals surface area contributed by atoms with E-state index >= 15 is 0 Å². The predicted molar refractivity (Wildman–Crippen MR) is 69.9 cm³/mol. The number of pyridine rings is 1. The van der Waals surface area contributed by atoms with Crippen molar-refractivity contribution in [3.8, 4) is 0 Å². The van der Waals surface area contributed by atoms with Gasteiger partial charge in [0.25, 0.3) is 5.96 Å². The van der Waals surface area contributed by atoms with Gasteiger partial charge in [-0.15, -0.1) is 0 Å². The number of nitrogens with zero attached hydrogens (tertiary/aromatic N) is 5. The Morgan fingerprint density at radius 1 is 1.58 bits per heavy atom. The van der Waals surface area contributed by atoms with Crippen molar-refractivity contribution in [3.05, 3.63) is 39.2 Å². The minimum atomic E-state index is -0.690. The molecule has 0 atom stereocenters. The molecule has 0 saturated carbocycles. The Balaban J connectivity index is 2.16. The number of hydrogen-bond donors (Lipinski definition) is 1. The average molecular weight is 285 g/mol. The number of hydrogen-bond acceptors (Lipinski definition) is 4. The summed E-state index contributed by atoms with van der Waals surface area (Å²) in [5.41, 5.74) is 0.901. The van der Waals surface area contributed by atoms with Crippen molar-refractivity contribution in [3.63, 3.8) is 0 Å². The lowest BCUT2D eigenvalue weighted by molar-refractivity contribution is -0.486. The quantitative estimate of drug-likeness (QED) is 0.495. The number of nitro groups is 1. The Morgan fingerprint density at radius 2 is 2.37 bits per heavy atom. The molecule has 0 radical (unpaired) electrons. The van der Waals surface area contributed by atoms with Crippen molar-refractivity contribution in [2.75, 3.05) is 20.4 Å². The summed E-state index contributed by atoms with van der Waals surface area (Å²) < 4.78 is 0. The van der Waals surface area contributed by atoms with Gasteiger partial charge in [-0.3, -0.25) is 5.32 Å². The number of guanidine groups is 1. The minimum absolute atomic E-state index is 0.318. The predicted octanol–water partition coefficient (Wildman–Crippen LogP) is 0.535. The van der Waals surface area contributed by atoms with Crippen LogP contribution in [0, 0.1) is 10.1 Å². The number of hydrazone groups is 1. The summed E-state index contributed by atoms with van der Waals surface area (Å²) in [6.45, 7) is 1.47. The van der Waals surface area contributed by atoms with Crippen molar-refractivity contribution in [1.82, 2.24) is 20.1 Å². The Hall–Kier alpha value is -1.93. The number of rotatable bonds is 3. The van der Waals surface area contributed by atoms with Gasteiger partial charge in [-0.05, 0) is 11.6 Å². The Bertz CT molecular complexity index is 491. The maximum Gasteiger partial charge on any atom is 0.276 e. The SMILES string of the molecule is CN1CNCN(Cc2ccc(Cl)nc2)/C1=N/[N+](=O)[O-]. The van der Waals surface area contributed by atoms with Gasteiger partial charge in [-0.1, -0.05) is 17.7 Å². The van der Waals surface area contributed by atoms with E-state index in [9.17, 15) is 10.1 Å². The van der Waals surface area contributed by atoms with E-state index in [2.05, 4.69) is 15.4 Å². The lowest BCUT2D eigenvalue weighted by Gasteiger charge is -2.35. The van der Waals surface area contributed by atoms with Crippen LogP contribution in [0.3, 0.4) is 0 Å². The van der Waals surface area contributed by atoms with E-state index in [0.29, 0.717) is 31.0 Å². The van der Waals surface area contributed by atoms with Crippen LogP contribution in [0.4, 0.5) is 0 Å². The number of aromatic nitrogens is 1. The molecule has 1 aromatic rings. The van der Waals surface area contributed by atoms with Gasteiger partial charge in [0.1, 0.15) is 10.3 Å². The van der Waals surface area contributed by atoms with E-state index in [1.165, 1.54) is 0 Å². The maximum absolute atomic E-state index is 10.6. The van der Waals surface area contributed by atoms with Gasteiger partial charge in [0.15, 0.2) is 5.03 Å². The molecule has 19 heavy (non-hydrogen) atoms. The molecule has 2 rings (SSSR count).